The van der Waals surface area contributed by atoms with Crippen LogP contribution < -0.4 is 5.32 Å². The lowest BCUT2D eigenvalue weighted by atomic mass is 9.90. The molecule has 2 N–H and O–H groups in total. The lowest BCUT2D eigenvalue weighted by Gasteiger charge is -2.20. The van der Waals surface area contributed by atoms with Crippen LogP contribution in [0.15, 0.2) is 54.7 Å². The van der Waals surface area contributed by atoms with E-state index < -0.39 is 9.84 Å². The largest absolute Gasteiger partial charge is 0.361 e. The second kappa shape index (κ2) is 8.20. The number of benzene rings is 2. The second-order valence-electron chi connectivity index (χ2n) is 7.64. The Labute approximate surface area is 175 Å². The van der Waals surface area contributed by atoms with E-state index in [2.05, 4.69) is 16.4 Å². The number of sulfone groups is 1. The van der Waals surface area contributed by atoms with Crippen LogP contribution in [0.1, 0.15) is 29.9 Å². The molecule has 0 spiro atoms. The summed E-state index contributed by atoms with van der Waals surface area (Å²) in [6.07, 6.45) is 2.77. The predicted molar refractivity (Wildman–Crippen MR) is 116 cm³/mol. The van der Waals surface area contributed by atoms with E-state index in [1.54, 1.807) is 0 Å². The van der Waals surface area contributed by atoms with Crippen molar-refractivity contribution in [1.29, 1.82) is 0 Å². The van der Waals surface area contributed by atoms with Crippen LogP contribution in [0.2, 0.25) is 5.02 Å². The summed E-state index contributed by atoms with van der Waals surface area (Å²) in [4.78, 5) is 15.8. The van der Waals surface area contributed by atoms with Crippen LogP contribution in [-0.2, 0) is 14.6 Å². The highest BCUT2D eigenvalue weighted by Crippen LogP contribution is 2.34. The van der Waals surface area contributed by atoms with Gasteiger partial charge in [0.05, 0.1) is 11.5 Å². The van der Waals surface area contributed by atoms with Gasteiger partial charge in [-0.3, -0.25) is 4.79 Å². The number of amides is 1. The van der Waals surface area contributed by atoms with E-state index >= 15 is 0 Å². The molecule has 0 unspecified atom stereocenters. The van der Waals surface area contributed by atoms with E-state index in [-0.39, 0.29) is 35.7 Å². The first-order chi connectivity index (χ1) is 13.9. The van der Waals surface area contributed by atoms with E-state index in [9.17, 15) is 13.2 Å². The van der Waals surface area contributed by atoms with Crippen molar-refractivity contribution < 1.29 is 13.2 Å². The third-order valence-electron chi connectivity index (χ3n) is 5.58. The van der Waals surface area contributed by atoms with E-state index in [1.165, 1.54) is 0 Å². The quantitative estimate of drug-likeness (QED) is 0.622. The molecule has 1 fully saturated rings. The summed E-state index contributed by atoms with van der Waals surface area (Å²) in [5.74, 6) is -0.0359. The Morgan fingerprint density at radius 3 is 2.66 bits per heavy atom. The minimum atomic E-state index is -2.98. The molecular weight excluding hydrogens is 408 g/mol. The third-order valence-corrected chi connectivity index (χ3v) is 7.76. The summed E-state index contributed by atoms with van der Waals surface area (Å²) >= 11 is 6.48. The summed E-state index contributed by atoms with van der Waals surface area (Å²) in [7, 11) is -2.98. The lowest BCUT2D eigenvalue weighted by molar-refractivity contribution is -0.121. The van der Waals surface area contributed by atoms with Gasteiger partial charge in [0.1, 0.15) is 0 Å². The zero-order valence-electron chi connectivity index (χ0n) is 15.9. The van der Waals surface area contributed by atoms with E-state index in [0.29, 0.717) is 18.0 Å². The first kappa shape index (κ1) is 20.0. The van der Waals surface area contributed by atoms with Crippen molar-refractivity contribution in [3.05, 3.63) is 70.9 Å². The Morgan fingerprint density at radius 2 is 1.90 bits per heavy atom. The maximum absolute atomic E-state index is 12.5. The molecule has 3 aromatic rings. The van der Waals surface area contributed by atoms with E-state index in [1.807, 2.05) is 48.7 Å². The van der Waals surface area contributed by atoms with Crippen LogP contribution in [0.3, 0.4) is 0 Å². The molecule has 2 atom stereocenters. The van der Waals surface area contributed by atoms with Crippen molar-refractivity contribution in [2.24, 2.45) is 5.92 Å². The van der Waals surface area contributed by atoms with Crippen molar-refractivity contribution in [3.63, 3.8) is 0 Å². The SMILES string of the molecule is O=C(C[C@@H]1CCS(=O)(=O)C1)NC[C@H](c1ccccc1Cl)c1c[nH]c2ccccc12. The molecule has 2 aromatic carbocycles. The van der Waals surface area contributed by atoms with Crippen molar-refractivity contribution in [2.45, 2.75) is 18.8 Å². The van der Waals surface area contributed by atoms with Crippen LogP contribution in [-0.4, -0.2) is 37.4 Å². The number of hydrogen-bond acceptors (Lipinski definition) is 3. The van der Waals surface area contributed by atoms with E-state index in [4.69, 9.17) is 11.6 Å². The normalized spacial score (nSPS) is 19.3. The smallest absolute Gasteiger partial charge is 0.220 e. The Morgan fingerprint density at radius 1 is 1.14 bits per heavy atom. The molecular formula is C22H23ClN2O3S. The van der Waals surface area contributed by atoms with Gasteiger partial charge in [0.15, 0.2) is 9.84 Å². The van der Waals surface area contributed by atoms with Gasteiger partial charge in [-0.25, -0.2) is 8.42 Å². The first-order valence-corrected chi connectivity index (χ1v) is 11.9. The Hall–Kier alpha value is -2.31. The van der Waals surface area contributed by atoms with Gasteiger partial charge in [-0.15, -0.1) is 0 Å². The maximum Gasteiger partial charge on any atom is 0.220 e. The number of carbonyl (C=O) groups is 1. The maximum atomic E-state index is 12.5. The Kier molecular flexibility index (Phi) is 5.65. The van der Waals surface area contributed by atoms with Crippen molar-refractivity contribution in [3.8, 4) is 0 Å². The summed E-state index contributed by atoms with van der Waals surface area (Å²) in [6, 6.07) is 15.7. The fourth-order valence-electron chi connectivity index (χ4n) is 4.11. The van der Waals surface area contributed by atoms with Gasteiger partial charge in [0.2, 0.25) is 5.91 Å². The number of fused-ring (bicyclic) bond motifs is 1. The number of aromatic amines is 1. The molecule has 1 amide bonds. The molecule has 7 heteroatoms. The number of aromatic nitrogens is 1. The monoisotopic (exact) mass is 430 g/mol. The van der Waals surface area contributed by atoms with Crippen molar-refractivity contribution in [2.75, 3.05) is 18.1 Å². The molecule has 1 aliphatic heterocycles. The number of para-hydroxylation sites is 1. The Bertz CT molecular complexity index is 1140. The molecule has 152 valence electrons. The minimum absolute atomic E-state index is 0.0909. The van der Waals surface area contributed by atoms with Gasteiger partial charge >= 0.3 is 0 Å². The lowest BCUT2D eigenvalue weighted by Crippen LogP contribution is -2.30. The number of hydrogen-bond donors (Lipinski definition) is 2. The number of carbonyl (C=O) groups excluding carboxylic acids is 1. The highest BCUT2D eigenvalue weighted by atomic mass is 35.5. The van der Waals surface area contributed by atoms with Crippen LogP contribution in [0.25, 0.3) is 10.9 Å². The van der Waals surface area contributed by atoms with Crippen molar-refractivity contribution in [1.82, 2.24) is 10.3 Å². The molecule has 0 saturated carbocycles. The summed E-state index contributed by atoms with van der Waals surface area (Å²) in [5, 5.41) is 4.75. The minimum Gasteiger partial charge on any atom is -0.361 e. The van der Waals surface area contributed by atoms with Crippen LogP contribution in [0, 0.1) is 5.92 Å². The molecule has 5 nitrogen and oxygen atoms in total. The number of rotatable bonds is 6. The average molecular weight is 431 g/mol. The zero-order chi connectivity index (χ0) is 20.4. The fraction of sp³-hybridized carbons (Fsp3) is 0.318. The van der Waals surface area contributed by atoms with Crippen LogP contribution in [0.4, 0.5) is 0 Å². The van der Waals surface area contributed by atoms with Crippen molar-refractivity contribution >= 4 is 38.2 Å². The molecule has 1 aliphatic rings. The van der Waals surface area contributed by atoms with Gasteiger partial charge in [-0.1, -0.05) is 48.0 Å². The van der Waals surface area contributed by atoms with Gasteiger partial charge in [-0.2, -0.15) is 0 Å². The van der Waals surface area contributed by atoms with Gasteiger partial charge in [0, 0.05) is 41.0 Å². The highest BCUT2D eigenvalue weighted by molar-refractivity contribution is 7.91. The molecule has 0 bridgehead atoms. The molecule has 29 heavy (non-hydrogen) atoms. The fourth-order valence-corrected chi connectivity index (χ4v) is 6.24. The molecule has 4 rings (SSSR count). The van der Waals surface area contributed by atoms with E-state index in [0.717, 1.165) is 22.0 Å². The first-order valence-electron chi connectivity index (χ1n) is 9.70. The standard InChI is InChI=1S/C22H23ClN2O3S/c23-20-7-3-1-5-16(20)18(19-12-24-21-8-4-2-6-17(19)21)13-25-22(26)11-15-9-10-29(27,28)14-15/h1-8,12,15,18,24H,9-11,13-14H2,(H,25,26)/t15-,18+/m0/s1. The Balaban J connectivity index is 1.55. The van der Waals surface area contributed by atoms with Gasteiger partial charge < -0.3 is 10.3 Å². The highest BCUT2D eigenvalue weighted by Gasteiger charge is 2.29. The predicted octanol–water partition coefficient (Wildman–Crippen LogP) is 3.89. The summed E-state index contributed by atoms with van der Waals surface area (Å²) in [5.41, 5.74) is 3.04. The van der Waals surface area contributed by atoms with Crippen LogP contribution in [0.5, 0.6) is 0 Å². The summed E-state index contributed by atoms with van der Waals surface area (Å²) in [6.45, 7) is 0.393. The molecule has 1 saturated heterocycles. The second-order valence-corrected chi connectivity index (χ2v) is 10.3. The molecule has 0 radical (unpaired) electrons. The van der Waals surface area contributed by atoms with Gasteiger partial charge in [0.25, 0.3) is 0 Å². The van der Waals surface area contributed by atoms with Gasteiger partial charge in [-0.05, 0) is 35.6 Å². The third kappa shape index (κ3) is 4.49. The van der Waals surface area contributed by atoms with Crippen LogP contribution >= 0.6 is 11.6 Å². The molecule has 0 aliphatic carbocycles. The zero-order valence-corrected chi connectivity index (χ0v) is 17.5. The number of halogens is 1. The summed E-state index contributed by atoms with van der Waals surface area (Å²) < 4.78 is 23.3. The molecule has 1 aromatic heterocycles. The topological polar surface area (TPSA) is 79.0 Å². The average Bonchev–Trinajstić information content (AvgIpc) is 3.26. The molecule has 2 heterocycles. The number of nitrogens with one attached hydrogen (secondary N) is 2. The number of H-pyrrole nitrogens is 1.